The maximum absolute atomic E-state index is 12.9. The molecule has 162 valence electrons. The summed E-state index contributed by atoms with van der Waals surface area (Å²) in [6.45, 7) is 0.728. The average Bonchev–Trinajstić information content (AvgIpc) is 3.30. The van der Waals surface area contributed by atoms with E-state index in [1.165, 1.54) is 0 Å². The van der Waals surface area contributed by atoms with Crippen molar-refractivity contribution in [2.75, 3.05) is 11.9 Å². The second-order valence-corrected chi connectivity index (χ2v) is 8.87. The van der Waals surface area contributed by atoms with Gasteiger partial charge in [-0.2, -0.15) is 0 Å². The number of aryl methyl sites for hydroxylation is 1. The van der Waals surface area contributed by atoms with Crippen molar-refractivity contribution < 1.29 is 19.2 Å². The fraction of sp³-hybridized carbons (Fsp3) is 0.261. The van der Waals surface area contributed by atoms with Gasteiger partial charge in [0.25, 0.3) is 11.8 Å². The fourth-order valence-electron chi connectivity index (χ4n) is 4.11. The van der Waals surface area contributed by atoms with Gasteiger partial charge in [0.05, 0.1) is 21.3 Å². The molecule has 3 heterocycles. The Balaban J connectivity index is 1.22. The molecular weight excluding hydrogens is 428 g/mol. The number of carbonyl (C=O) groups is 4. The number of carbonyl (C=O) groups excluding carboxylic acids is 4. The zero-order valence-corrected chi connectivity index (χ0v) is 17.9. The molecule has 0 aliphatic carbocycles. The normalized spacial score (nSPS) is 18.2. The molecule has 2 aromatic carbocycles. The Hall–Kier alpha value is -3.59. The van der Waals surface area contributed by atoms with E-state index in [1.54, 1.807) is 23.5 Å². The molecule has 32 heavy (non-hydrogen) atoms. The highest BCUT2D eigenvalue weighted by Crippen LogP contribution is 2.29. The summed E-state index contributed by atoms with van der Waals surface area (Å²) in [5.74, 6) is -1.95. The Kier molecular flexibility index (Phi) is 5.18. The highest BCUT2D eigenvalue weighted by Gasteiger charge is 2.44. The summed E-state index contributed by atoms with van der Waals surface area (Å²) in [4.78, 5) is 54.8. The van der Waals surface area contributed by atoms with Crippen LogP contribution >= 0.6 is 11.3 Å². The van der Waals surface area contributed by atoms with E-state index in [-0.39, 0.29) is 18.7 Å². The number of imide groups is 2. The molecule has 2 aliphatic heterocycles. The van der Waals surface area contributed by atoms with Gasteiger partial charge in [0.1, 0.15) is 6.04 Å². The predicted octanol–water partition coefficient (Wildman–Crippen LogP) is 2.74. The van der Waals surface area contributed by atoms with Crippen molar-refractivity contribution >= 4 is 50.3 Å². The molecular formula is C23H20N4O4S. The number of fused-ring (bicyclic) bond motifs is 2. The SMILES string of the molecule is O=C1CCC(N2C(=O)c3ccc(CCCNc4nc5ccccc5s4)cc3C2=O)C(=O)N1. The van der Waals surface area contributed by atoms with E-state index in [1.807, 2.05) is 30.3 Å². The van der Waals surface area contributed by atoms with E-state index in [0.29, 0.717) is 11.1 Å². The van der Waals surface area contributed by atoms with Crippen molar-refractivity contribution in [1.82, 2.24) is 15.2 Å². The lowest BCUT2D eigenvalue weighted by atomic mass is 10.0. The van der Waals surface area contributed by atoms with Crippen molar-refractivity contribution in [2.24, 2.45) is 0 Å². The van der Waals surface area contributed by atoms with Gasteiger partial charge in [-0.3, -0.25) is 29.4 Å². The number of piperidine rings is 1. The van der Waals surface area contributed by atoms with Crippen LogP contribution in [0.15, 0.2) is 42.5 Å². The van der Waals surface area contributed by atoms with Gasteiger partial charge in [0, 0.05) is 13.0 Å². The van der Waals surface area contributed by atoms with Crippen LogP contribution in [0.5, 0.6) is 0 Å². The zero-order valence-electron chi connectivity index (χ0n) is 17.1. The van der Waals surface area contributed by atoms with Gasteiger partial charge in [0.2, 0.25) is 11.8 Å². The van der Waals surface area contributed by atoms with Crippen LogP contribution in [-0.4, -0.2) is 46.1 Å². The van der Waals surface area contributed by atoms with Gasteiger partial charge < -0.3 is 5.32 Å². The summed E-state index contributed by atoms with van der Waals surface area (Å²) < 4.78 is 1.14. The van der Waals surface area contributed by atoms with Gasteiger partial charge in [-0.05, 0) is 49.1 Å². The smallest absolute Gasteiger partial charge is 0.262 e. The molecule has 4 amide bonds. The number of anilines is 1. The predicted molar refractivity (Wildman–Crippen MR) is 120 cm³/mol. The van der Waals surface area contributed by atoms with Gasteiger partial charge in [-0.15, -0.1) is 0 Å². The summed E-state index contributed by atoms with van der Waals surface area (Å²) in [5.41, 5.74) is 2.54. The number of thiazole rings is 1. The van der Waals surface area contributed by atoms with Crippen molar-refractivity contribution in [3.63, 3.8) is 0 Å². The van der Waals surface area contributed by atoms with Crippen LogP contribution in [0.4, 0.5) is 5.13 Å². The minimum absolute atomic E-state index is 0.108. The second-order valence-electron chi connectivity index (χ2n) is 7.84. The summed E-state index contributed by atoms with van der Waals surface area (Å²) in [7, 11) is 0. The number of hydrogen-bond acceptors (Lipinski definition) is 7. The highest BCUT2D eigenvalue weighted by atomic mass is 32.1. The summed E-state index contributed by atoms with van der Waals surface area (Å²) >= 11 is 1.61. The number of nitrogens with one attached hydrogen (secondary N) is 2. The maximum atomic E-state index is 12.9. The molecule has 0 radical (unpaired) electrons. The molecule has 5 rings (SSSR count). The lowest BCUT2D eigenvalue weighted by Crippen LogP contribution is -2.54. The number of nitrogens with zero attached hydrogens (tertiary/aromatic N) is 2. The number of aromatic nitrogens is 1. The molecule has 3 aromatic rings. The maximum Gasteiger partial charge on any atom is 0.262 e. The van der Waals surface area contributed by atoms with Gasteiger partial charge >= 0.3 is 0 Å². The van der Waals surface area contributed by atoms with Crippen molar-refractivity contribution in [1.29, 1.82) is 0 Å². The first-order valence-corrected chi connectivity index (χ1v) is 11.3. The zero-order chi connectivity index (χ0) is 22.2. The molecule has 8 nitrogen and oxygen atoms in total. The molecule has 1 atom stereocenters. The minimum Gasteiger partial charge on any atom is -0.361 e. The van der Waals surface area contributed by atoms with Crippen LogP contribution in [0, 0.1) is 0 Å². The number of rotatable bonds is 6. The first-order chi connectivity index (χ1) is 15.5. The molecule has 2 N–H and O–H groups in total. The largest absolute Gasteiger partial charge is 0.361 e. The van der Waals surface area contributed by atoms with Crippen LogP contribution in [0.1, 0.15) is 45.5 Å². The van der Waals surface area contributed by atoms with E-state index in [0.717, 1.165) is 45.2 Å². The van der Waals surface area contributed by atoms with Crippen LogP contribution in [0.25, 0.3) is 10.2 Å². The van der Waals surface area contributed by atoms with Gasteiger partial charge in [-0.25, -0.2) is 4.98 Å². The third kappa shape index (κ3) is 3.64. The van der Waals surface area contributed by atoms with E-state index in [2.05, 4.69) is 15.6 Å². The average molecular weight is 449 g/mol. The molecule has 1 saturated heterocycles. The number of benzene rings is 2. The molecule has 1 fully saturated rings. The summed E-state index contributed by atoms with van der Waals surface area (Å²) in [6, 6.07) is 12.3. The number of amides is 4. The van der Waals surface area contributed by atoms with E-state index in [4.69, 9.17) is 0 Å². The molecule has 9 heteroatoms. The third-order valence-corrected chi connectivity index (χ3v) is 6.71. The van der Waals surface area contributed by atoms with Crippen LogP contribution in [0.3, 0.4) is 0 Å². The van der Waals surface area contributed by atoms with Crippen molar-refractivity contribution in [2.45, 2.75) is 31.7 Å². The standard InChI is InChI=1S/C23H20N4O4S/c28-19-10-9-17(20(29)26-19)27-21(30)14-8-7-13(12-15(14)22(27)31)4-3-11-24-23-25-16-5-1-2-6-18(16)32-23/h1-2,5-8,12,17H,3-4,9-11H2,(H,24,25)(H,26,28,29). The Bertz CT molecular complexity index is 1230. The number of para-hydroxylation sites is 1. The quantitative estimate of drug-likeness (QED) is 0.443. The fourth-order valence-corrected chi connectivity index (χ4v) is 5.00. The first kappa shape index (κ1) is 20.3. The topological polar surface area (TPSA) is 108 Å². The summed E-state index contributed by atoms with van der Waals surface area (Å²) in [6.07, 6.45) is 1.82. The minimum atomic E-state index is -0.943. The van der Waals surface area contributed by atoms with E-state index >= 15 is 0 Å². The van der Waals surface area contributed by atoms with E-state index < -0.39 is 23.8 Å². The molecule has 1 aromatic heterocycles. The Morgan fingerprint density at radius 1 is 1.06 bits per heavy atom. The number of hydrogen-bond donors (Lipinski definition) is 2. The van der Waals surface area contributed by atoms with Crippen molar-refractivity contribution in [3.05, 3.63) is 59.2 Å². The first-order valence-electron chi connectivity index (χ1n) is 10.5. The van der Waals surface area contributed by atoms with E-state index in [9.17, 15) is 19.2 Å². The molecule has 0 bridgehead atoms. The Morgan fingerprint density at radius 3 is 2.69 bits per heavy atom. The van der Waals surface area contributed by atoms with Crippen LogP contribution in [-0.2, 0) is 16.0 Å². The third-order valence-electron chi connectivity index (χ3n) is 5.72. The highest BCUT2D eigenvalue weighted by molar-refractivity contribution is 7.22. The van der Waals surface area contributed by atoms with Gasteiger partial charge in [0.15, 0.2) is 5.13 Å². The van der Waals surface area contributed by atoms with Crippen LogP contribution in [0.2, 0.25) is 0 Å². The molecule has 2 aliphatic rings. The van der Waals surface area contributed by atoms with Crippen LogP contribution < -0.4 is 10.6 Å². The molecule has 0 spiro atoms. The van der Waals surface area contributed by atoms with Crippen molar-refractivity contribution in [3.8, 4) is 0 Å². The van der Waals surface area contributed by atoms with Gasteiger partial charge in [-0.1, -0.05) is 29.5 Å². The monoisotopic (exact) mass is 448 g/mol. The Labute approximate surface area is 187 Å². The lowest BCUT2D eigenvalue weighted by Gasteiger charge is -2.27. The Morgan fingerprint density at radius 2 is 1.88 bits per heavy atom. The second kappa shape index (κ2) is 8.16. The molecule has 1 unspecified atom stereocenters. The summed E-state index contributed by atoms with van der Waals surface area (Å²) in [5, 5.41) is 6.42. The lowest BCUT2D eigenvalue weighted by molar-refractivity contribution is -0.136. The molecule has 0 saturated carbocycles.